The van der Waals surface area contributed by atoms with Crippen LogP contribution in [0.1, 0.15) is 39.7 Å². The first kappa shape index (κ1) is 16.9. The van der Waals surface area contributed by atoms with E-state index < -0.39 is 16.5 Å². The monoisotopic (exact) mass is 295 g/mol. The summed E-state index contributed by atoms with van der Waals surface area (Å²) in [6, 6.07) is 7.82. The van der Waals surface area contributed by atoms with E-state index >= 15 is 0 Å². The Balaban J connectivity index is 3.06. The zero-order chi connectivity index (χ0) is 15.4. The maximum Gasteiger partial charge on any atom is 0.118 e. The Morgan fingerprint density at radius 3 is 2.20 bits per heavy atom. The third kappa shape index (κ3) is 4.18. The standard InChI is InChI=1S/C16H25NO2S/c1-7-12-16(5,17-20(18)15(2,3)4)13-8-10-14(19-6)11-9-13/h7-11,17H,1,12H2,2-6H3/t16-,20+/m0/s1. The lowest BCUT2D eigenvalue weighted by Crippen LogP contribution is -2.45. The van der Waals surface area contributed by atoms with Crippen LogP contribution < -0.4 is 9.46 Å². The lowest BCUT2D eigenvalue weighted by atomic mass is 9.90. The van der Waals surface area contributed by atoms with Gasteiger partial charge in [-0.3, -0.25) is 0 Å². The van der Waals surface area contributed by atoms with Crippen LogP contribution in [0.25, 0.3) is 0 Å². The fraction of sp³-hybridized carbons (Fsp3) is 0.500. The summed E-state index contributed by atoms with van der Waals surface area (Å²) in [5.41, 5.74) is 0.655. The van der Waals surface area contributed by atoms with E-state index in [0.717, 1.165) is 11.3 Å². The molecule has 3 nitrogen and oxygen atoms in total. The van der Waals surface area contributed by atoms with Crippen molar-refractivity contribution < 1.29 is 8.95 Å². The highest BCUT2D eigenvalue weighted by Crippen LogP contribution is 2.28. The topological polar surface area (TPSA) is 38.3 Å². The Bertz CT molecular complexity index is 476. The van der Waals surface area contributed by atoms with Crippen molar-refractivity contribution in [2.45, 2.75) is 44.4 Å². The highest BCUT2D eigenvalue weighted by molar-refractivity contribution is 7.84. The van der Waals surface area contributed by atoms with E-state index in [0.29, 0.717) is 6.42 Å². The molecule has 0 saturated carbocycles. The molecule has 0 aliphatic heterocycles. The van der Waals surface area contributed by atoms with Crippen LogP contribution in [0.5, 0.6) is 5.75 Å². The van der Waals surface area contributed by atoms with Gasteiger partial charge in [0, 0.05) is 0 Å². The summed E-state index contributed by atoms with van der Waals surface area (Å²) in [6.07, 6.45) is 2.54. The largest absolute Gasteiger partial charge is 0.497 e. The minimum absolute atomic E-state index is 0.311. The Labute approximate surface area is 125 Å². The van der Waals surface area contributed by atoms with Crippen LogP contribution in [0, 0.1) is 0 Å². The summed E-state index contributed by atoms with van der Waals surface area (Å²) < 4.78 is 20.5. The van der Waals surface area contributed by atoms with Crippen LogP contribution in [0.15, 0.2) is 36.9 Å². The number of hydrogen-bond acceptors (Lipinski definition) is 2. The lowest BCUT2D eigenvalue weighted by molar-refractivity contribution is 0.412. The highest BCUT2D eigenvalue weighted by Gasteiger charge is 2.31. The molecule has 0 aliphatic carbocycles. The minimum atomic E-state index is -1.14. The summed E-state index contributed by atoms with van der Waals surface area (Å²) >= 11 is 0. The fourth-order valence-electron chi connectivity index (χ4n) is 1.82. The molecule has 1 rings (SSSR count). The van der Waals surface area contributed by atoms with Crippen LogP contribution in [-0.4, -0.2) is 16.1 Å². The van der Waals surface area contributed by atoms with Gasteiger partial charge in [0.05, 0.1) is 28.4 Å². The fourth-order valence-corrected chi connectivity index (χ4v) is 2.74. The molecule has 1 aromatic rings. The van der Waals surface area contributed by atoms with Crippen LogP contribution in [0.2, 0.25) is 0 Å². The SMILES string of the molecule is C=CC[C@](C)(N[S@](=O)C(C)(C)C)c1ccc(OC)cc1. The van der Waals surface area contributed by atoms with E-state index in [9.17, 15) is 4.21 Å². The Hall–Kier alpha value is -1.13. The molecule has 112 valence electrons. The Morgan fingerprint density at radius 2 is 1.80 bits per heavy atom. The van der Waals surface area contributed by atoms with E-state index in [1.54, 1.807) is 7.11 Å². The van der Waals surface area contributed by atoms with Gasteiger partial charge in [-0.05, 0) is 51.8 Å². The van der Waals surface area contributed by atoms with E-state index in [-0.39, 0.29) is 4.75 Å². The van der Waals surface area contributed by atoms with Crippen molar-refractivity contribution in [2.75, 3.05) is 7.11 Å². The second-order valence-electron chi connectivity index (χ2n) is 6.04. The van der Waals surface area contributed by atoms with Gasteiger partial charge in [-0.2, -0.15) is 0 Å². The summed E-state index contributed by atoms with van der Waals surface area (Å²) in [4.78, 5) is 0. The molecule has 0 radical (unpaired) electrons. The zero-order valence-electron chi connectivity index (χ0n) is 13.0. The average molecular weight is 295 g/mol. The van der Waals surface area contributed by atoms with Gasteiger partial charge in [0.15, 0.2) is 0 Å². The van der Waals surface area contributed by atoms with Gasteiger partial charge >= 0.3 is 0 Å². The first-order valence-electron chi connectivity index (χ1n) is 6.68. The van der Waals surface area contributed by atoms with E-state index in [1.165, 1.54) is 0 Å². The molecule has 4 heteroatoms. The van der Waals surface area contributed by atoms with Crippen molar-refractivity contribution >= 4 is 11.0 Å². The maximum absolute atomic E-state index is 12.4. The maximum atomic E-state index is 12.4. The summed E-state index contributed by atoms with van der Waals surface area (Å²) in [6.45, 7) is 11.7. The number of nitrogens with one attached hydrogen (secondary N) is 1. The van der Waals surface area contributed by atoms with Gasteiger partial charge in [0.1, 0.15) is 5.75 Å². The number of rotatable bonds is 6. The second kappa shape index (κ2) is 6.55. The van der Waals surface area contributed by atoms with Crippen molar-refractivity contribution in [1.29, 1.82) is 0 Å². The number of benzene rings is 1. The van der Waals surface area contributed by atoms with E-state index in [4.69, 9.17) is 4.74 Å². The third-order valence-corrected chi connectivity index (χ3v) is 4.90. The minimum Gasteiger partial charge on any atom is -0.497 e. The lowest BCUT2D eigenvalue weighted by Gasteiger charge is -2.33. The van der Waals surface area contributed by atoms with Crippen molar-refractivity contribution in [3.8, 4) is 5.75 Å². The van der Waals surface area contributed by atoms with E-state index in [1.807, 2.05) is 58.0 Å². The van der Waals surface area contributed by atoms with Crippen molar-refractivity contribution in [2.24, 2.45) is 0 Å². The smallest absolute Gasteiger partial charge is 0.118 e. The molecule has 0 amide bonds. The molecule has 0 spiro atoms. The molecule has 0 bridgehead atoms. The second-order valence-corrected chi connectivity index (χ2v) is 8.00. The first-order chi connectivity index (χ1) is 9.23. The van der Waals surface area contributed by atoms with Gasteiger partial charge in [0.2, 0.25) is 0 Å². The molecule has 20 heavy (non-hydrogen) atoms. The van der Waals surface area contributed by atoms with Gasteiger partial charge in [-0.15, -0.1) is 6.58 Å². The van der Waals surface area contributed by atoms with Crippen LogP contribution in [0.4, 0.5) is 0 Å². The van der Waals surface area contributed by atoms with Crippen molar-refractivity contribution in [3.05, 3.63) is 42.5 Å². The molecule has 0 heterocycles. The molecule has 0 fully saturated rings. The molecule has 1 N–H and O–H groups in total. The summed E-state index contributed by atoms with van der Waals surface area (Å²) in [5.74, 6) is 0.812. The zero-order valence-corrected chi connectivity index (χ0v) is 13.8. The van der Waals surface area contributed by atoms with Gasteiger partial charge in [-0.1, -0.05) is 18.2 Å². The summed E-state index contributed by atoms with van der Waals surface area (Å²) in [5, 5.41) is 0. The number of methoxy groups -OCH3 is 1. The Kier molecular flexibility index (Phi) is 5.54. The van der Waals surface area contributed by atoms with Gasteiger partial charge < -0.3 is 4.74 Å². The highest BCUT2D eigenvalue weighted by atomic mass is 32.2. The molecular weight excluding hydrogens is 270 g/mol. The predicted molar refractivity (Wildman–Crippen MR) is 86.2 cm³/mol. The normalized spacial score (nSPS) is 16.2. The molecule has 0 saturated heterocycles. The number of ether oxygens (including phenoxy) is 1. The summed E-state index contributed by atoms with van der Waals surface area (Å²) in [7, 11) is 0.499. The van der Waals surface area contributed by atoms with Crippen molar-refractivity contribution in [3.63, 3.8) is 0 Å². The van der Waals surface area contributed by atoms with Crippen LogP contribution in [0.3, 0.4) is 0 Å². The predicted octanol–water partition coefficient (Wildman–Crippen LogP) is 3.54. The van der Waals surface area contributed by atoms with E-state index in [2.05, 4.69) is 11.3 Å². The molecular formula is C16H25NO2S. The third-order valence-electron chi connectivity index (χ3n) is 3.15. The first-order valence-corrected chi connectivity index (χ1v) is 7.83. The average Bonchev–Trinajstić information content (AvgIpc) is 2.38. The molecule has 1 aromatic carbocycles. The molecule has 0 unspecified atom stereocenters. The van der Waals surface area contributed by atoms with Crippen LogP contribution in [-0.2, 0) is 16.5 Å². The molecule has 2 atom stereocenters. The van der Waals surface area contributed by atoms with Crippen LogP contribution >= 0.6 is 0 Å². The van der Waals surface area contributed by atoms with Crippen molar-refractivity contribution in [1.82, 2.24) is 4.72 Å². The molecule has 0 aliphatic rings. The Morgan fingerprint density at radius 1 is 1.25 bits per heavy atom. The number of hydrogen-bond donors (Lipinski definition) is 1. The molecule has 0 aromatic heterocycles. The van der Waals surface area contributed by atoms with Gasteiger partial charge in [0.25, 0.3) is 0 Å². The quantitative estimate of drug-likeness (QED) is 0.815. The van der Waals surface area contributed by atoms with Gasteiger partial charge in [-0.25, -0.2) is 8.93 Å².